The van der Waals surface area contributed by atoms with Crippen LogP contribution in [0.3, 0.4) is 0 Å². The average molecular weight is 467 g/mol. The number of carbonyl (C=O) groups is 1. The second kappa shape index (κ2) is 9.91. The first kappa shape index (κ1) is 24.5. The molecule has 1 atom stereocenters. The van der Waals surface area contributed by atoms with Gasteiger partial charge in [-0.3, -0.25) is 4.79 Å². The SMILES string of the molecule is CC(C)(C)C(=O)Oc1c[nH]c2ccc(C(C)(CC(=N)Cc3ccccc3)Cc3ccccc3)cc12. The Morgan fingerprint density at radius 1 is 0.886 bits per heavy atom. The molecule has 0 aliphatic rings. The number of nitrogens with one attached hydrogen (secondary N) is 2. The summed E-state index contributed by atoms with van der Waals surface area (Å²) in [5, 5.41) is 9.74. The van der Waals surface area contributed by atoms with E-state index in [-0.39, 0.29) is 11.4 Å². The summed E-state index contributed by atoms with van der Waals surface area (Å²) in [5.41, 5.74) is 4.24. The van der Waals surface area contributed by atoms with Crippen LogP contribution in [0.2, 0.25) is 0 Å². The maximum Gasteiger partial charge on any atom is 0.316 e. The van der Waals surface area contributed by atoms with E-state index in [0.29, 0.717) is 24.3 Å². The number of carbonyl (C=O) groups excluding carboxylic acids is 1. The number of hydrogen-bond acceptors (Lipinski definition) is 3. The smallest absolute Gasteiger partial charge is 0.316 e. The first-order valence-electron chi connectivity index (χ1n) is 12.1. The molecule has 4 nitrogen and oxygen atoms in total. The largest absolute Gasteiger partial charge is 0.424 e. The molecule has 1 unspecified atom stereocenters. The van der Waals surface area contributed by atoms with Crippen LogP contribution in [0.4, 0.5) is 0 Å². The van der Waals surface area contributed by atoms with Crippen molar-refractivity contribution in [2.24, 2.45) is 5.41 Å². The van der Waals surface area contributed by atoms with Crippen LogP contribution in [0.25, 0.3) is 10.9 Å². The minimum Gasteiger partial charge on any atom is -0.424 e. The second-order valence-corrected chi connectivity index (χ2v) is 10.7. The molecule has 4 aromatic rings. The summed E-state index contributed by atoms with van der Waals surface area (Å²) in [6.07, 6.45) is 3.82. The summed E-state index contributed by atoms with van der Waals surface area (Å²) in [6.45, 7) is 7.79. The number of hydrogen-bond donors (Lipinski definition) is 2. The fraction of sp³-hybridized carbons (Fsp3) is 0.290. The van der Waals surface area contributed by atoms with Gasteiger partial charge in [0.15, 0.2) is 5.75 Å². The highest BCUT2D eigenvalue weighted by molar-refractivity contribution is 5.91. The van der Waals surface area contributed by atoms with Gasteiger partial charge in [0.05, 0.1) is 5.41 Å². The predicted molar refractivity (Wildman–Crippen MR) is 143 cm³/mol. The number of ether oxygens (including phenoxy) is 1. The molecule has 0 saturated carbocycles. The Morgan fingerprint density at radius 2 is 1.51 bits per heavy atom. The molecule has 0 radical (unpaired) electrons. The van der Waals surface area contributed by atoms with Crippen LogP contribution in [0, 0.1) is 10.8 Å². The predicted octanol–water partition coefficient (Wildman–Crippen LogP) is 7.27. The molecule has 0 aliphatic carbocycles. The maximum atomic E-state index is 12.6. The van der Waals surface area contributed by atoms with Crippen molar-refractivity contribution in [3.05, 3.63) is 102 Å². The highest BCUT2D eigenvalue weighted by Gasteiger charge is 2.30. The Labute approximate surface area is 207 Å². The van der Waals surface area contributed by atoms with Gasteiger partial charge in [-0.2, -0.15) is 0 Å². The molecular formula is C31H34N2O2. The molecule has 2 N–H and O–H groups in total. The lowest BCUT2D eigenvalue weighted by molar-refractivity contribution is -0.142. The van der Waals surface area contributed by atoms with Crippen LogP contribution in [-0.4, -0.2) is 16.7 Å². The third kappa shape index (κ3) is 5.89. The zero-order valence-electron chi connectivity index (χ0n) is 21.0. The molecule has 1 heterocycles. The number of benzene rings is 3. The zero-order valence-corrected chi connectivity index (χ0v) is 21.0. The number of aromatic amines is 1. The topological polar surface area (TPSA) is 65.9 Å². The van der Waals surface area contributed by atoms with Gasteiger partial charge in [-0.25, -0.2) is 0 Å². The van der Waals surface area contributed by atoms with Crippen molar-refractivity contribution in [3.63, 3.8) is 0 Å². The van der Waals surface area contributed by atoms with Crippen LogP contribution in [-0.2, 0) is 23.1 Å². The van der Waals surface area contributed by atoms with Crippen molar-refractivity contribution in [2.75, 3.05) is 0 Å². The van der Waals surface area contributed by atoms with E-state index in [9.17, 15) is 4.79 Å². The van der Waals surface area contributed by atoms with E-state index in [1.807, 2.05) is 51.1 Å². The van der Waals surface area contributed by atoms with Crippen molar-refractivity contribution in [1.82, 2.24) is 4.98 Å². The molecule has 0 amide bonds. The zero-order chi connectivity index (χ0) is 25.1. The fourth-order valence-electron chi connectivity index (χ4n) is 4.50. The van der Waals surface area contributed by atoms with Gasteiger partial charge >= 0.3 is 5.97 Å². The number of aromatic nitrogens is 1. The average Bonchev–Trinajstić information content (AvgIpc) is 3.21. The van der Waals surface area contributed by atoms with Crippen molar-refractivity contribution in [3.8, 4) is 5.75 Å². The Morgan fingerprint density at radius 3 is 2.14 bits per heavy atom. The third-order valence-electron chi connectivity index (χ3n) is 6.46. The number of H-pyrrole nitrogens is 1. The normalized spacial score (nSPS) is 13.4. The standard InChI is InChI=1S/C31H34N2O2/c1-30(2,3)29(34)35-28-21-33-27-16-15-24(18-26(27)28)31(4,19-23-13-9-6-10-14-23)20-25(32)17-22-11-7-5-8-12-22/h5-16,18,21,32-33H,17,19-20H2,1-4H3. The molecule has 3 aromatic carbocycles. The lowest BCUT2D eigenvalue weighted by atomic mass is 9.72. The first-order valence-corrected chi connectivity index (χ1v) is 12.1. The third-order valence-corrected chi connectivity index (χ3v) is 6.46. The van der Waals surface area contributed by atoms with Crippen LogP contribution >= 0.6 is 0 Å². The molecule has 0 aliphatic heterocycles. The van der Waals surface area contributed by atoms with Gasteiger partial charge in [0.25, 0.3) is 0 Å². The summed E-state index contributed by atoms with van der Waals surface area (Å²) in [6, 6.07) is 26.9. The second-order valence-electron chi connectivity index (χ2n) is 10.7. The van der Waals surface area contributed by atoms with E-state index in [4.69, 9.17) is 10.1 Å². The van der Waals surface area contributed by atoms with Crippen molar-refractivity contribution < 1.29 is 9.53 Å². The molecule has 1 aromatic heterocycles. The van der Waals surface area contributed by atoms with E-state index in [1.165, 1.54) is 5.56 Å². The first-order chi connectivity index (χ1) is 16.6. The van der Waals surface area contributed by atoms with Crippen LogP contribution < -0.4 is 4.74 Å². The van der Waals surface area contributed by atoms with Crippen LogP contribution in [0.15, 0.2) is 85.1 Å². The van der Waals surface area contributed by atoms with Crippen molar-refractivity contribution in [1.29, 1.82) is 5.41 Å². The van der Waals surface area contributed by atoms with Crippen LogP contribution in [0.1, 0.15) is 50.8 Å². The van der Waals surface area contributed by atoms with Gasteiger partial charge in [-0.1, -0.05) is 73.7 Å². The molecule has 0 saturated heterocycles. The minimum absolute atomic E-state index is 0.263. The van der Waals surface area contributed by atoms with Gasteiger partial charge in [0.2, 0.25) is 0 Å². The molecular weight excluding hydrogens is 432 g/mol. The summed E-state index contributed by atoms with van der Waals surface area (Å²) < 4.78 is 5.77. The van der Waals surface area contributed by atoms with Gasteiger partial charge in [0.1, 0.15) is 0 Å². The van der Waals surface area contributed by atoms with Gasteiger partial charge in [-0.15, -0.1) is 0 Å². The fourth-order valence-corrected chi connectivity index (χ4v) is 4.50. The van der Waals surface area contributed by atoms with E-state index in [2.05, 4.69) is 60.4 Å². The summed E-state index contributed by atoms with van der Waals surface area (Å²) in [7, 11) is 0. The molecule has 0 spiro atoms. The van der Waals surface area contributed by atoms with E-state index in [1.54, 1.807) is 6.20 Å². The lowest BCUT2D eigenvalue weighted by Crippen LogP contribution is -2.29. The molecule has 35 heavy (non-hydrogen) atoms. The van der Waals surface area contributed by atoms with Gasteiger partial charge < -0.3 is 15.1 Å². The Hall–Kier alpha value is -3.66. The van der Waals surface area contributed by atoms with Crippen molar-refractivity contribution >= 4 is 22.6 Å². The highest BCUT2D eigenvalue weighted by atomic mass is 16.5. The van der Waals surface area contributed by atoms with Crippen molar-refractivity contribution in [2.45, 2.75) is 52.4 Å². The molecule has 4 heteroatoms. The highest BCUT2D eigenvalue weighted by Crippen LogP contribution is 2.37. The minimum atomic E-state index is -0.588. The van der Waals surface area contributed by atoms with E-state index >= 15 is 0 Å². The Balaban J connectivity index is 1.69. The molecule has 0 bridgehead atoms. The van der Waals surface area contributed by atoms with Gasteiger partial charge in [-0.05, 0) is 62.4 Å². The van der Waals surface area contributed by atoms with Crippen LogP contribution in [0.5, 0.6) is 5.75 Å². The summed E-state index contributed by atoms with van der Waals surface area (Å²) in [4.78, 5) is 15.8. The number of esters is 1. The Bertz CT molecular complexity index is 1320. The van der Waals surface area contributed by atoms with E-state index < -0.39 is 5.41 Å². The number of rotatable bonds is 8. The quantitative estimate of drug-likeness (QED) is 0.212. The maximum absolute atomic E-state index is 12.6. The summed E-state index contributed by atoms with van der Waals surface area (Å²) >= 11 is 0. The number of fused-ring (bicyclic) bond motifs is 1. The molecule has 0 fully saturated rings. The Kier molecular flexibility index (Phi) is 6.93. The lowest BCUT2D eigenvalue weighted by Gasteiger charge is -2.31. The molecule has 4 rings (SSSR count). The van der Waals surface area contributed by atoms with Gasteiger partial charge in [0, 0.05) is 34.6 Å². The monoisotopic (exact) mass is 466 g/mol. The summed E-state index contributed by atoms with van der Waals surface area (Å²) in [5.74, 6) is 0.281. The van der Waals surface area contributed by atoms with E-state index in [0.717, 1.165) is 28.5 Å². The molecule has 180 valence electrons.